The van der Waals surface area contributed by atoms with Crippen LogP contribution in [-0.2, 0) is 4.74 Å². The predicted molar refractivity (Wildman–Crippen MR) is 181 cm³/mol. The molecular weight excluding hydrogens is 595 g/mol. The van der Waals surface area contributed by atoms with Crippen LogP contribution in [0.5, 0.6) is 11.8 Å². The number of rotatable bonds is 8. The molecule has 2 aromatic carbocycles. The monoisotopic (exact) mass is 636 g/mol. The average molecular weight is 637 g/mol. The standard InChI is InChI=1S/C37H41FN6O3/c1-4-27-30(38)8-5-23-15-26(45)16-28(32(23)27)29-17-39-34-33(31(29)22(2)3)41-36(42-35(34)44-18-24-6-7-25(19-44)40-24)47-21-37(9-10-37)20-43-11-13-46-14-12-43/h1,5,8,15-17,22,24-25,40,45H,6-7,9-14,18-21H2,2-3H3. The van der Waals surface area contributed by atoms with Gasteiger partial charge in [0.05, 0.1) is 25.4 Å². The molecule has 10 heteroatoms. The van der Waals surface area contributed by atoms with E-state index in [1.54, 1.807) is 18.2 Å². The molecule has 2 atom stereocenters. The van der Waals surface area contributed by atoms with E-state index in [0.717, 1.165) is 88.6 Å². The summed E-state index contributed by atoms with van der Waals surface area (Å²) in [6, 6.07) is 7.41. The van der Waals surface area contributed by atoms with Crippen LogP contribution in [0, 0.1) is 23.6 Å². The van der Waals surface area contributed by atoms with Gasteiger partial charge in [-0.15, -0.1) is 6.42 Å². The SMILES string of the molecule is C#Cc1c(F)ccc2cc(O)cc(-c3cnc4c(N5CC6CCC(C5)N6)nc(OCC5(CN6CCOCC6)CC5)nc4c3C(C)C)c12. The van der Waals surface area contributed by atoms with Crippen molar-refractivity contribution in [3.05, 3.63) is 47.4 Å². The van der Waals surface area contributed by atoms with Crippen LogP contribution in [-0.4, -0.2) is 89.6 Å². The minimum Gasteiger partial charge on any atom is -0.508 e. The molecule has 4 fully saturated rings. The van der Waals surface area contributed by atoms with Gasteiger partial charge in [0.15, 0.2) is 5.82 Å². The van der Waals surface area contributed by atoms with E-state index in [1.165, 1.54) is 6.07 Å². The maximum Gasteiger partial charge on any atom is 0.319 e. The normalized spacial score (nSPS) is 22.2. The van der Waals surface area contributed by atoms with Crippen molar-refractivity contribution in [2.45, 2.75) is 57.5 Å². The first-order chi connectivity index (χ1) is 22.8. The lowest BCUT2D eigenvalue weighted by molar-refractivity contribution is 0.0231. The molecular formula is C37H41FN6O3. The van der Waals surface area contributed by atoms with Crippen LogP contribution >= 0.6 is 0 Å². The molecule has 9 nitrogen and oxygen atoms in total. The van der Waals surface area contributed by atoms with Crippen molar-refractivity contribution in [2.75, 3.05) is 57.4 Å². The van der Waals surface area contributed by atoms with Crippen molar-refractivity contribution >= 4 is 27.6 Å². The second-order valence-corrected chi connectivity index (χ2v) is 14.1. The maximum atomic E-state index is 15.1. The highest BCUT2D eigenvalue weighted by atomic mass is 19.1. The third-order valence-electron chi connectivity index (χ3n) is 10.4. The number of nitrogens with one attached hydrogen (secondary N) is 1. The number of benzene rings is 2. The Balaban J connectivity index is 1.26. The van der Waals surface area contributed by atoms with Gasteiger partial charge in [-0.3, -0.25) is 9.88 Å². The van der Waals surface area contributed by atoms with E-state index in [9.17, 15) is 5.11 Å². The molecule has 4 aromatic rings. The molecule has 2 N–H and O–H groups in total. The topological polar surface area (TPSA) is 95.9 Å². The second kappa shape index (κ2) is 11.9. The van der Waals surface area contributed by atoms with Gasteiger partial charge < -0.3 is 24.8 Å². The summed E-state index contributed by atoms with van der Waals surface area (Å²) in [5, 5.41) is 15.7. The number of piperazine rings is 1. The fourth-order valence-electron chi connectivity index (χ4n) is 7.86. The Morgan fingerprint density at radius 1 is 1.11 bits per heavy atom. The van der Waals surface area contributed by atoms with Gasteiger partial charge in [-0.2, -0.15) is 9.97 Å². The Morgan fingerprint density at radius 2 is 1.87 bits per heavy atom. The van der Waals surface area contributed by atoms with Gasteiger partial charge in [-0.25, -0.2) is 4.39 Å². The van der Waals surface area contributed by atoms with Gasteiger partial charge in [0.25, 0.3) is 0 Å². The number of aromatic hydroxyl groups is 1. The molecule has 0 spiro atoms. The fraction of sp³-hybridized carbons (Fsp3) is 0.486. The zero-order chi connectivity index (χ0) is 32.3. The summed E-state index contributed by atoms with van der Waals surface area (Å²) in [6.45, 7) is 10.9. The molecule has 0 radical (unpaired) electrons. The highest BCUT2D eigenvalue weighted by Crippen LogP contribution is 2.47. The predicted octanol–water partition coefficient (Wildman–Crippen LogP) is 5.23. The highest BCUT2D eigenvalue weighted by Gasteiger charge is 2.45. The quantitative estimate of drug-likeness (QED) is 0.252. The first-order valence-electron chi connectivity index (χ1n) is 16.9. The third-order valence-corrected chi connectivity index (χ3v) is 10.4. The zero-order valence-electron chi connectivity index (χ0n) is 27.1. The number of nitrogens with zero attached hydrogens (tertiary/aromatic N) is 5. The van der Waals surface area contributed by atoms with Gasteiger partial charge in [0.2, 0.25) is 0 Å². The van der Waals surface area contributed by atoms with Crippen LogP contribution in [0.4, 0.5) is 10.2 Å². The maximum absolute atomic E-state index is 15.1. The lowest BCUT2D eigenvalue weighted by Crippen LogP contribution is -2.51. The van der Waals surface area contributed by atoms with Crippen molar-refractivity contribution in [2.24, 2.45) is 5.41 Å². The Labute approximate surface area is 274 Å². The number of hydrogen-bond acceptors (Lipinski definition) is 9. The number of hydrogen-bond donors (Lipinski definition) is 2. The number of fused-ring (bicyclic) bond motifs is 4. The van der Waals surface area contributed by atoms with Crippen molar-refractivity contribution in [1.29, 1.82) is 0 Å². The Kier molecular flexibility index (Phi) is 7.66. The second-order valence-electron chi connectivity index (χ2n) is 14.1. The number of ether oxygens (including phenoxy) is 2. The van der Waals surface area contributed by atoms with Crippen LogP contribution < -0.4 is 15.0 Å². The van der Waals surface area contributed by atoms with Crippen LogP contribution in [0.2, 0.25) is 0 Å². The van der Waals surface area contributed by atoms with Gasteiger partial charge in [0.1, 0.15) is 22.6 Å². The van der Waals surface area contributed by atoms with Crippen molar-refractivity contribution < 1.29 is 19.0 Å². The number of phenols is 1. The Hall–Kier alpha value is -4.04. The molecule has 2 aromatic heterocycles. The minimum absolute atomic E-state index is 0.00152. The summed E-state index contributed by atoms with van der Waals surface area (Å²) in [7, 11) is 0. The van der Waals surface area contributed by atoms with Gasteiger partial charge in [0, 0.05) is 67.4 Å². The van der Waals surface area contributed by atoms with Gasteiger partial charge in [-0.1, -0.05) is 25.8 Å². The van der Waals surface area contributed by atoms with Crippen LogP contribution in [0.25, 0.3) is 32.9 Å². The molecule has 2 unspecified atom stereocenters. The molecule has 244 valence electrons. The van der Waals surface area contributed by atoms with Crippen molar-refractivity contribution in [1.82, 2.24) is 25.2 Å². The number of terminal acetylenes is 1. The van der Waals surface area contributed by atoms with Crippen LogP contribution in [0.15, 0.2) is 30.5 Å². The summed E-state index contributed by atoms with van der Waals surface area (Å²) in [5.41, 5.74) is 3.97. The van der Waals surface area contributed by atoms with Gasteiger partial charge in [-0.05, 0) is 66.3 Å². The van der Waals surface area contributed by atoms with E-state index in [2.05, 4.69) is 34.9 Å². The van der Waals surface area contributed by atoms with E-state index in [0.29, 0.717) is 52.1 Å². The molecule has 3 saturated heterocycles. The summed E-state index contributed by atoms with van der Waals surface area (Å²) >= 11 is 0. The molecule has 2 bridgehead atoms. The van der Waals surface area contributed by atoms with E-state index in [1.807, 2.05) is 6.20 Å². The molecule has 0 amide bonds. The zero-order valence-corrected chi connectivity index (χ0v) is 27.1. The van der Waals surface area contributed by atoms with Gasteiger partial charge >= 0.3 is 6.01 Å². The number of phenolic OH excluding ortho intramolecular Hbond substituents is 1. The molecule has 1 saturated carbocycles. The van der Waals surface area contributed by atoms with Crippen LogP contribution in [0.1, 0.15) is 56.6 Å². The van der Waals surface area contributed by atoms with E-state index < -0.39 is 5.82 Å². The van der Waals surface area contributed by atoms with Crippen molar-refractivity contribution in [3.63, 3.8) is 0 Å². The number of aromatic nitrogens is 3. The van der Waals surface area contributed by atoms with Crippen molar-refractivity contribution in [3.8, 4) is 35.2 Å². The van der Waals surface area contributed by atoms with E-state index in [4.69, 9.17) is 30.8 Å². The summed E-state index contributed by atoms with van der Waals surface area (Å²) in [4.78, 5) is 20.0. The van der Waals surface area contributed by atoms with E-state index >= 15 is 4.39 Å². The van der Waals surface area contributed by atoms with E-state index in [-0.39, 0.29) is 22.6 Å². The smallest absolute Gasteiger partial charge is 0.319 e. The minimum atomic E-state index is -0.480. The number of morpholine rings is 1. The molecule has 3 aliphatic heterocycles. The van der Waals surface area contributed by atoms with Crippen LogP contribution in [0.3, 0.4) is 0 Å². The lowest BCUT2D eigenvalue weighted by atomic mass is 9.88. The molecule has 47 heavy (non-hydrogen) atoms. The molecule has 1 aliphatic carbocycles. The first kappa shape index (κ1) is 30.3. The number of anilines is 1. The Bertz CT molecular complexity index is 1890. The number of halogens is 1. The fourth-order valence-corrected chi connectivity index (χ4v) is 7.86. The first-order valence-corrected chi connectivity index (χ1v) is 16.9. The molecule has 5 heterocycles. The average Bonchev–Trinajstić information content (AvgIpc) is 3.76. The number of pyridine rings is 1. The Morgan fingerprint density at radius 3 is 2.57 bits per heavy atom. The highest BCUT2D eigenvalue weighted by molar-refractivity contribution is 6.04. The summed E-state index contributed by atoms with van der Waals surface area (Å²) < 4.78 is 27.2. The summed E-state index contributed by atoms with van der Waals surface area (Å²) in [5.74, 6) is 2.92. The summed E-state index contributed by atoms with van der Waals surface area (Å²) in [6.07, 6.45) is 12.2. The lowest BCUT2D eigenvalue weighted by Gasteiger charge is -2.34. The largest absolute Gasteiger partial charge is 0.508 e. The molecule has 4 aliphatic rings. The third kappa shape index (κ3) is 5.64. The molecule has 8 rings (SSSR count).